The monoisotopic (exact) mass is 510 g/mol. The lowest BCUT2D eigenvalue weighted by Crippen LogP contribution is -2.50. The van der Waals surface area contributed by atoms with E-state index in [9.17, 15) is 18.3 Å². The van der Waals surface area contributed by atoms with Crippen LogP contribution in [0.4, 0.5) is 0 Å². The van der Waals surface area contributed by atoms with Crippen molar-refractivity contribution in [2.75, 3.05) is 40.4 Å². The topological polar surface area (TPSA) is 117 Å². The van der Waals surface area contributed by atoms with Crippen molar-refractivity contribution in [3.63, 3.8) is 0 Å². The van der Waals surface area contributed by atoms with Crippen molar-refractivity contribution in [2.24, 2.45) is 5.92 Å². The summed E-state index contributed by atoms with van der Waals surface area (Å²) in [6.45, 7) is 3.17. The summed E-state index contributed by atoms with van der Waals surface area (Å²) in [5.74, 6) is -0.697. The highest BCUT2D eigenvalue weighted by Gasteiger charge is 2.45. The molecule has 2 fully saturated rings. The normalized spacial score (nSPS) is 26.1. The molecule has 1 aromatic rings. The molecular formula is C25H38N2O7S. The predicted octanol–water partition coefficient (Wildman–Crippen LogP) is 2.10. The maximum atomic E-state index is 12.3. The summed E-state index contributed by atoms with van der Waals surface area (Å²) in [5, 5.41) is 19.7. The highest BCUT2D eigenvalue weighted by molar-refractivity contribution is 7.89. The van der Waals surface area contributed by atoms with Gasteiger partial charge in [0.05, 0.1) is 36.9 Å². The first kappa shape index (κ1) is 27.8. The van der Waals surface area contributed by atoms with Crippen molar-refractivity contribution in [3.8, 4) is 0 Å². The molecular weight excluding hydrogens is 472 g/mol. The van der Waals surface area contributed by atoms with Crippen LogP contribution in [0.5, 0.6) is 0 Å². The Bertz CT molecular complexity index is 943. The zero-order valence-electron chi connectivity index (χ0n) is 20.6. The molecule has 0 aromatic heterocycles. The summed E-state index contributed by atoms with van der Waals surface area (Å²) in [6.07, 6.45) is 6.18. The number of aliphatic carboxylic acids is 1. The maximum absolute atomic E-state index is 12.3. The summed E-state index contributed by atoms with van der Waals surface area (Å²) in [4.78, 5) is 13.2. The van der Waals surface area contributed by atoms with E-state index in [4.69, 9.17) is 14.6 Å². The second-order valence-corrected chi connectivity index (χ2v) is 11.5. The van der Waals surface area contributed by atoms with Gasteiger partial charge in [0.2, 0.25) is 10.0 Å². The number of allylic oxidation sites excluding steroid dienone is 2. The van der Waals surface area contributed by atoms with Gasteiger partial charge in [-0.05, 0) is 37.0 Å². The average Bonchev–Trinajstić information content (AvgIpc) is 3.15. The highest BCUT2D eigenvalue weighted by atomic mass is 32.2. The van der Waals surface area contributed by atoms with Crippen molar-refractivity contribution in [3.05, 3.63) is 42.0 Å². The molecule has 0 amide bonds. The Morgan fingerprint density at radius 1 is 1.20 bits per heavy atom. The second-order valence-electron chi connectivity index (χ2n) is 9.38. The molecule has 9 nitrogen and oxygen atoms in total. The molecule has 2 N–H and O–H groups in total. The molecule has 196 valence electrons. The molecule has 1 heterocycles. The number of nitrogens with zero attached hydrogens (tertiary/aromatic N) is 2. The van der Waals surface area contributed by atoms with Crippen molar-refractivity contribution >= 4 is 16.0 Å². The van der Waals surface area contributed by atoms with E-state index in [1.54, 1.807) is 24.3 Å². The summed E-state index contributed by atoms with van der Waals surface area (Å²) < 4.78 is 37.5. The Kier molecular flexibility index (Phi) is 10.3. The summed E-state index contributed by atoms with van der Waals surface area (Å²) in [6, 6.07) is 6.67. The maximum Gasteiger partial charge on any atom is 0.303 e. The lowest BCUT2D eigenvalue weighted by atomic mass is 9.94. The van der Waals surface area contributed by atoms with Crippen LogP contribution in [0.2, 0.25) is 0 Å². The molecule has 2 aliphatic rings. The standard InChI is InChI=1S/C25H38N2O7S/c1-26(2)35(31,32)20-11-9-19(10-12-20)18-34-23-17-22(28)25(27-13-15-33-16-14-27)21(23)7-5-3-4-6-8-24(29)30/h3,5,9-12,21-23,25,28H,4,6-8,13-18H2,1-2H3,(H,29,30)/b5-3-/t21-,22+,23-,25+/m0/s1. The molecule has 1 saturated carbocycles. The Morgan fingerprint density at radius 2 is 1.89 bits per heavy atom. The molecule has 1 aliphatic heterocycles. The minimum Gasteiger partial charge on any atom is -0.481 e. The minimum absolute atomic E-state index is 0.0276. The number of aliphatic hydroxyl groups is 1. The van der Waals surface area contributed by atoms with Gasteiger partial charge in [0.15, 0.2) is 0 Å². The van der Waals surface area contributed by atoms with Crippen LogP contribution in [-0.4, -0.2) is 92.5 Å². The first-order valence-corrected chi connectivity index (χ1v) is 13.6. The molecule has 3 rings (SSSR count). The first-order valence-electron chi connectivity index (χ1n) is 12.2. The third kappa shape index (κ3) is 7.58. The van der Waals surface area contributed by atoms with E-state index in [1.165, 1.54) is 18.4 Å². The highest BCUT2D eigenvalue weighted by Crippen LogP contribution is 2.36. The van der Waals surface area contributed by atoms with Crippen molar-refractivity contribution < 1.29 is 32.9 Å². The number of hydrogen-bond acceptors (Lipinski definition) is 7. The molecule has 35 heavy (non-hydrogen) atoms. The van der Waals surface area contributed by atoms with Crippen LogP contribution in [0.3, 0.4) is 0 Å². The number of unbranched alkanes of at least 4 members (excludes halogenated alkanes) is 1. The molecule has 10 heteroatoms. The van der Waals surface area contributed by atoms with Crippen molar-refractivity contribution in [1.82, 2.24) is 9.21 Å². The van der Waals surface area contributed by atoms with Gasteiger partial charge in [0, 0.05) is 52.0 Å². The van der Waals surface area contributed by atoms with E-state index < -0.39 is 22.1 Å². The van der Waals surface area contributed by atoms with Crippen LogP contribution in [0, 0.1) is 5.92 Å². The number of carboxylic acid groups (broad SMARTS) is 1. The van der Waals surface area contributed by atoms with E-state index in [1.807, 2.05) is 6.08 Å². The predicted molar refractivity (Wildman–Crippen MR) is 131 cm³/mol. The van der Waals surface area contributed by atoms with Gasteiger partial charge in [-0.1, -0.05) is 24.3 Å². The fourth-order valence-corrected chi connectivity index (χ4v) is 5.75. The van der Waals surface area contributed by atoms with Crippen LogP contribution in [0.25, 0.3) is 0 Å². The number of aliphatic hydroxyl groups excluding tert-OH is 1. The largest absolute Gasteiger partial charge is 0.481 e. The van der Waals surface area contributed by atoms with Crippen LogP contribution in [0.15, 0.2) is 41.3 Å². The van der Waals surface area contributed by atoms with E-state index in [2.05, 4.69) is 11.0 Å². The Morgan fingerprint density at radius 3 is 2.51 bits per heavy atom. The SMILES string of the molecule is CN(C)S(=O)(=O)c1ccc(CO[C@H]2C[C@@H](O)[C@H](N3CCOCC3)[C@H]2C/C=C\CCCC(=O)O)cc1. The first-order chi connectivity index (χ1) is 16.7. The smallest absolute Gasteiger partial charge is 0.303 e. The van der Waals surface area contributed by atoms with Crippen LogP contribution >= 0.6 is 0 Å². The van der Waals surface area contributed by atoms with Crippen LogP contribution in [0.1, 0.15) is 37.7 Å². The van der Waals surface area contributed by atoms with Gasteiger partial charge in [-0.15, -0.1) is 0 Å². The summed E-state index contributed by atoms with van der Waals surface area (Å²) in [7, 11) is -0.472. The lowest BCUT2D eigenvalue weighted by Gasteiger charge is -2.37. The number of carboxylic acids is 1. The zero-order chi connectivity index (χ0) is 25.4. The molecule has 1 aromatic carbocycles. The van der Waals surface area contributed by atoms with Crippen molar-refractivity contribution in [2.45, 2.75) is 61.9 Å². The summed E-state index contributed by atoms with van der Waals surface area (Å²) in [5.41, 5.74) is 0.870. The van der Waals surface area contributed by atoms with Gasteiger partial charge in [-0.2, -0.15) is 0 Å². The number of sulfonamides is 1. The fourth-order valence-electron chi connectivity index (χ4n) is 4.84. The van der Waals surface area contributed by atoms with E-state index in [0.29, 0.717) is 39.1 Å². The van der Waals surface area contributed by atoms with Gasteiger partial charge in [0.25, 0.3) is 0 Å². The van der Waals surface area contributed by atoms with Crippen molar-refractivity contribution in [1.29, 1.82) is 0 Å². The van der Waals surface area contributed by atoms with Gasteiger partial charge in [-0.25, -0.2) is 12.7 Å². The van der Waals surface area contributed by atoms with Gasteiger partial charge in [0.1, 0.15) is 0 Å². The minimum atomic E-state index is -3.48. The Hall–Kier alpha value is -1.82. The molecule has 1 aliphatic carbocycles. The third-order valence-electron chi connectivity index (χ3n) is 6.75. The summed E-state index contributed by atoms with van der Waals surface area (Å²) >= 11 is 0. The number of morpholine rings is 1. The van der Waals surface area contributed by atoms with Gasteiger partial charge < -0.3 is 19.7 Å². The van der Waals surface area contributed by atoms with Gasteiger partial charge >= 0.3 is 5.97 Å². The number of hydrogen-bond donors (Lipinski definition) is 2. The fraction of sp³-hybridized carbons (Fsp3) is 0.640. The van der Waals surface area contributed by atoms with Crippen LogP contribution < -0.4 is 0 Å². The van der Waals surface area contributed by atoms with Crippen LogP contribution in [-0.2, 0) is 30.9 Å². The molecule has 4 atom stereocenters. The molecule has 0 bridgehead atoms. The van der Waals surface area contributed by atoms with E-state index >= 15 is 0 Å². The molecule has 1 saturated heterocycles. The number of ether oxygens (including phenoxy) is 2. The molecule has 0 unspecified atom stereocenters. The number of carbonyl (C=O) groups is 1. The Balaban J connectivity index is 1.65. The lowest BCUT2D eigenvalue weighted by molar-refractivity contribution is -0.137. The molecule has 0 spiro atoms. The third-order valence-corrected chi connectivity index (χ3v) is 8.58. The number of rotatable bonds is 12. The Labute approximate surface area is 208 Å². The van der Waals surface area contributed by atoms with E-state index in [-0.39, 0.29) is 29.4 Å². The van der Waals surface area contributed by atoms with Gasteiger partial charge in [-0.3, -0.25) is 9.69 Å². The average molecular weight is 511 g/mol. The zero-order valence-corrected chi connectivity index (χ0v) is 21.4. The molecule has 0 radical (unpaired) electrons. The van der Waals surface area contributed by atoms with E-state index in [0.717, 1.165) is 25.1 Å². The quantitative estimate of drug-likeness (QED) is 0.324. The second kappa shape index (κ2) is 12.9. The number of benzene rings is 1.